The van der Waals surface area contributed by atoms with E-state index in [9.17, 15) is 8.42 Å². The molecule has 1 saturated heterocycles. The highest BCUT2D eigenvalue weighted by Crippen LogP contribution is 2.27. The number of benzene rings is 1. The molecule has 5 nitrogen and oxygen atoms in total. The quantitative estimate of drug-likeness (QED) is 0.832. The fourth-order valence-electron chi connectivity index (χ4n) is 1.76. The number of nitrogens with two attached hydrogens (primary N) is 1. The summed E-state index contributed by atoms with van der Waals surface area (Å²) in [4.78, 5) is 0.137. The van der Waals surface area contributed by atoms with Gasteiger partial charge in [0, 0.05) is 23.8 Å². The molecule has 0 aromatic heterocycles. The van der Waals surface area contributed by atoms with Gasteiger partial charge in [0.15, 0.2) is 0 Å². The van der Waals surface area contributed by atoms with E-state index in [1.165, 1.54) is 16.4 Å². The maximum atomic E-state index is 12.4. The van der Waals surface area contributed by atoms with Crippen LogP contribution in [0.25, 0.3) is 0 Å². The van der Waals surface area contributed by atoms with E-state index >= 15 is 0 Å². The molecule has 0 spiro atoms. The Labute approximate surface area is 112 Å². The largest absolute Gasteiger partial charge is 0.398 e. The lowest BCUT2D eigenvalue weighted by Crippen LogP contribution is -2.40. The highest BCUT2D eigenvalue weighted by atomic mass is 35.5. The van der Waals surface area contributed by atoms with Gasteiger partial charge in [0.2, 0.25) is 10.0 Å². The van der Waals surface area contributed by atoms with Gasteiger partial charge in [-0.2, -0.15) is 4.31 Å². The Morgan fingerprint density at radius 1 is 1.33 bits per heavy atom. The predicted molar refractivity (Wildman–Crippen MR) is 70.2 cm³/mol. The summed E-state index contributed by atoms with van der Waals surface area (Å²) >= 11 is 5.98. The Morgan fingerprint density at radius 2 is 1.94 bits per heavy atom. The third kappa shape index (κ3) is 2.47. The maximum Gasteiger partial charge on any atom is 0.243 e. The average Bonchev–Trinajstić information content (AvgIpc) is 2.36. The van der Waals surface area contributed by atoms with Crippen LogP contribution in [0.3, 0.4) is 0 Å². The molecule has 0 aliphatic carbocycles. The Morgan fingerprint density at radius 3 is 2.50 bits per heavy atom. The molecular weight excluding hydrogens is 276 g/mol. The summed E-state index contributed by atoms with van der Waals surface area (Å²) in [6.07, 6.45) is 0. The first-order valence-corrected chi connectivity index (χ1v) is 7.38. The highest BCUT2D eigenvalue weighted by Gasteiger charge is 2.27. The van der Waals surface area contributed by atoms with E-state index in [-0.39, 0.29) is 4.90 Å². The first-order valence-electron chi connectivity index (χ1n) is 5.56. The van der Waals surface area contributed by atoms with E-state index in [4.69, 9.17) is 22.1 Å². The summed E-state index contributed by atoms with van der Waals surface area (Å²) in [6, 6.07) is 2.89. The van der Waals surface area contributed by atoms with E-state index in [0.29, 0.717) is 42.6 Å². The van der Waals surface area contributed by atoms with Crippen LogP contribution in [0.4, 0.5) is 5.69 Å². The van der Waals surface area contributed by atoms with Gasteiger partial charge in [0.25, 0.3) is 0 Å². The highest BCUT2D eigenvalue weighted by molar-refractivity contribution is 7.89. The number of rotatable bonds is 2. The number of hydrogen-bond acceptors (Lipinski definition) is 4. The third-order valence-corrected chi connectivity index (χ3v) is 5.23. The molecule has 2 N–H and O–H groups in total. The van der Waals surface area contributed by atoms with Crippen LogP contribution in [0.15, 0.2) is 17.0 Å². The number of anilines is 1. The van der Waals surface area contributed by atoms with Crippen molar-refractivity contribution >= 4 is 27.3 Å². The number of sulfonamides is 1. The summed E-state index contributed by atoms with van der Waals surface area (Å²) in [5.74, 6) is 0. The maximum absolute atomic E-state index is 12.4. The SMILES string of the molecule is Cc1c(N)cc(S(=O)(=O)N2CCOCC2)cc1Cl. The lowest BCUT2D eigenvalue weighted by molar-refractivity contribution is 0.0730. The predicted octanol–water partition coefficient (Wildman–Crippen LogP) is 1.25. The van der Waals surface area contributed by atoms with Crippen LogP contribution in [0.1, 0.15) is 5.56 Å². The minimum absolute atomic E-state index is 0.137. The molecule has 1 heterocycles. The van der Waals surface area contributed by atoms with E-state index < -0.39 is 10.0 Å². The van der Waals surface area contributed by atoms with Gasteiger partial charge < -0.3 is 10.5 Å². The Bertz CT molecular complexity index is 530. The first-order chi connectivity index (χ1) is 8.43. The number of morpholine rings is 1. The number of halogens is 1. The van der Waals surface area contributed by atoms with Crippen LogP contribution < -0.4 is 5.73 Å². The standard InChI is InChI=1S/C11H15ClN2O3S/c1-8-10(12)6-9(7-11(8)13)18(15,16)14-2-4-17-5-3-14/h6-7H,2-5,13H2,1H3. The monoisotopic (exact) mass is 290 g/mol. The lowest BCUT2D eigenvalue weighted by atomic mass is 10.2. The van der Waals surface area contributed by atoms with E-state index in [0.717, 1.165) is 0 Å². The molecule has 1 aliphatic rings. The van der Waals surface area contributed by atoms with Crippen LogP contribution >= 0.6 is 11.6 Å². The minimum Gasteiger partial charge on any atom is -0.398 e. The Balaban J connectivity index is 2.41. The van der Waals surface area contributed by atoms with Crippen molar-refractivity contribution in [3.8, 4) is 0 Å². The summed E-state index contributed by atoms with van der Waals surface area (Å²) in [5.41, 5.74) is 6.83. The molecule has 1 fully saturated rings. The van der Waals surface area contributed by atoms with Crippen molar-refractivity contribution in [2.45, 2.75) is 11.8 Å². The van der Waals surface area contributed by atoms with Crippen molar-refractivity contribution in [3.63, 3.8) is 0 Å². The zero-order chi connectivity index (χ0) is 13.3. The van der Waals surface area contributed by atoms with Gasteiger partial charge >= 0.3 is 0 Å². The van der Waals surface area contributed by atoms with Crippen molar-refractivity contribution < 1.29 is 13.2 Å². The van der Waals surface area contributed by atoms with Crippen molar-refractivity contribution in [3.05, 3.63) is 22.7 Å². The summed E-state index contributed by atoms with van der Waals surface area (Å²) in [7, 11) is -3.53. The van der Waals surface area contributed by atoms with Gasteiger partial charge in [-0.1, -0.05) is 11.6 Å². The zero-order valence-corrected chi connectivity index (χ0v) is 11.6. The smallest absolute Gasteiger partial charge is 0.243 e. The average molecular weight is 291 g/mol. The van der Waals surface area contributed by atoms with Gasteiger partial charge in [-0.3, -0.25) is 0 Å². The summed E-state index contributed by atoms with van der Waals surface area (Å²) < 4.78 is 31.2. The van der Waals surface area contributed by atoms with Crippen molar-refractivity contribution in [1.82, 2.24) is 4.31 Å². The first kappa shape index (κ1) is 13.6. The number of ether oxygens (including phenoxy) is 1. The minimum atomic E-state index is -3.53. The number of nitrogen functional groups attached to an aromatic ring is 1. The molecule has 18 heavy (non-hydrogen) atoms. The van der Waals surface area contributed by atoms with Gasteiger partial charge in [-0.15, -0.1) is 0 Å². The van der Waals surface area contributed by atoms with Crippen LogP contribution in [0.5, 0.6) is 0 Å². The molecule has 0 saturated carbocycles. The zero-order valence-electron chi connectivity index (χ0n) is 10.0. The van der Waals surface area contributed by atoms with Crippen molar-refractivity contribution in [2.24, 2.45) is 0 Å². The van der Waals surface area contributed by atoms with E-state index in [2.05, 4.69) is 0 Å². The van der Waals surface area contributed by atoms with Crippen molar-refractivity contribution in [1.29, 1.82) is 0 Å². The fraction of sp³-hybridized carbons (Fsp3) is 0.455. The molecule has 1 aromatic rings. The van der Waals surface area contributed by atoms with Gasteiger partial charge in [0.1, 0.15) is 0 Å². The van der Waals surface area contributed by atoms with E-state index in [1.54, 1.807) is 6.92 Å². The molecule has 0 atom stereocenters. The summed E-state index contributed by atoms with van der Waals surface area (Å²) in [6.45, 7) is 3.28. The molecule has 0 radical (unpaired) electrons. The molecule has 0 amide bonds. The number of nitrogens with zero attached hydrogens (tertiary/aromatic N) is 1. The lowest BCUT2D eigenvalue weighted by Gasteiger charge is -2.26. The Kier molecular flexibility index (Phi) is 3.82. The molecule has 0 unspecified atom stereocenters. The molecule has 7 heteroatoms. The molecular formula is C11H15ClN2O3S. The third-order valence-electron chi connectivity index (χ3n) is 2.97. The van der Waals surface area contributed by atoms with Crippen molar-refractivity contribution in [2.75, 3.05) is 32.0 Å². The second-order valence-electron chi connectivity index (χ2n) is 4.14. The summed E-state index contributed by atoms with van der Waals surface area (Å²) in [5, 5.41) is 0.363. The van der Waals surface area contributed by atoms with Crippen LogP contribution in [-0.4, -0.2) is 39.0 Å². The number of hydrogen-bond donors (Lipinski definition) is 1. The fourth-order valence-corrected chi connectivity index (χ4v) is 3.52. The molecule has 1 aliphatic heterocycles. The normalized spacial score (nSPS) is 17.9. The van der Waals surface area contributed by atoms with Crippen LogP contribution in [0.2, 0.25) is 5.02 Å². The topological polar surface area (TPSA) is 72.6 Å². The molecule has 1 aromatic carbocycles. The molecule has 100 valence electrons. The van der Waals surface area contributed by atoms with Crippen LogP contribution in [-0.2, 0) is 14.8 Å². The Hall–Kier alpha value is -0.820. The van der Waals surface area contributed by atoms with E-state index in [1.807, 2.05) is 0 Å². The molecule has 2 rings (SSSR count). The second kappa shape index (κ2) is 5.05. The van der Waals surface area contributed by atoms with Crippen LogP contribution in [0, 0.1) is 6.92 Å². The second-order valence-corrected chi connectivity index (χ2v) is 6.48. The van der Waals surface area contributed by atoms with Gasteiger partial charge in [-0.25, -0.2) is 8.42 Å². The van der Waals surface area contributed by atoms with Gasteiger partial charge in [-0.05, 0) is 24.6 Å². The molecule has 0 bridgehead atoms. The van der Waals surface area contributed by atoms with Gasteiger partial charge in [0.05, 0.1) is 18.1 Å².